The molecule has 0 bridgehead atoms. The van der Waals surface area contributed by atoms with Crippen molar-refractivity contribution in [2.75, 3.05) is 0 Å². The maximum absolute atomic E-state index is 12.9. The Balaban J connectivity index is 1.79. The lowest BCUT2D eigenvalue weighted by Gasteiger charge is -2.70. The van der Waals surface area contributed by atoms with E-state index >= 15 is 0 Å². The summed E-state index contributed by atoms with van der Waals surface area (Å²) in [5.41, 5.74) is -0.553. The van der Waals surface area contributed by atoms with E-state index in [0.29, 0.717) is 24.3 Å². The van der Waals surface area contributed by atoms with Crippen LogP contribution in [0.25, 0.3) is 0 Å². The third-order valence-corrected chi connectivity index (χ3v) is 12.0. The number of ether oxygens (including phenoxy) is 2. The quantitative estimate of drug-likeness (QED) is 0.443. The zero-order valence-corrected chi connectivity index (χ0v) is 25.2. The van der Waals surface area contributed by atoms with Crippen molar-refractivity contribution in [1.82, 2.24) is 0 Å². The van der Waals surface area contributed by atoms with Gasteiger partial charge in [-0.1, -0.05) is 40.2 Å². The van der Waals surface area contributed by atoms with Crippen LogP contribution in [-0.4, -0.2) is 52.4 Å². The molecule has 1 unspecified atom stereocenters. The molecule has 0 aromatic rings. The Morgan fingerprint density at radius 1 is 0.974 bits per heavy atom. The molecule has 39 heavy (non-hydrogen) atoms. The summed E-state index contributed by atoms with van der Waals surface area (Å²) in [7, 11) is 0. The molecule has 220 valence electrons. The highest BCUT2D eigenvalue weighted by Gasteiger charge is 2.68. The summed E-state index contributed by atoms with van der Waals surface area (Å²) in [6, 6.07) is 0. The fourth-order valence-corrected chi connectivity index (χ4v) is 10.1. The summed E-state index contributed by atoms with van der Waals surface area (Å²) in [6.07, 6.45) is 5.71. The van der Waals surface area contributed by atoms with E-state index in [1.54, 1.807) is 6.92 Å². The van der Waals surface area contributed by atoms with Crippen molar-refractivity contribution in [3.63, 3.8) is 0 Å². The van der Waals surface area contributed by atoms with E-state index < -0.39 is 29.7 Å². The van der Waals surface area contributed by atoms with E-state index in [4.69, 9.17) is 9.47 Å². The molecule has 0 aliphatic heterocycles. The number of Topliss-reactive ketones (excluding diaryl/α,β-unsaturated/α-hetero) is 1. The SMILES string of the molecule is CC(=O)O[C@@H](C)[C@@]1(C)CCC[C@@]2(C)[C@H]1CC[C@]1(C)[C@@H]2C[C@H](OC(=O)CC(C)O)[C@]2(C)C=C(C(C)=O)[C@H](O)C[C@H]21. The Bertz CT molecular complexity index is 1030. The van der Waals surface area contributed by atoms with Crippen molar-refractivity contribution >= 4 is 17.7 Å². The molecule has 4 aliphatic carbocycles. The summed E-state index contributed by atoms with van der Waals surface area (Å²) >= 11 is 0. The first-order chi connectivity index (χ1) is 18.0. The second-order valence-electron chi connectivity index (χ2n) is 14.4. The van der Waals surface area contributed by atoms with Gasteiger partial charge in [0, 0.05) is 23.3 Å². The van der Waals surface area contributed by atoms with Gasteiger partial charge in [0.1, 0.15) is 12.2 Å². The first-order valence-electron chi connectivity index (χ1n) is 15.0. The van der Waals surface area contributed by atoms with Gasteiger partial charge in [0.25, 0.3) is 0 Å². The van der Waals surface area contributed by atoms with Crippen molar-refractivity contribution in [2.45, 2.75) is 131 Å². The van der Waals surface area contributed by atoms with Crippen LogP contribution in [-0.2, 0) is 23.9 Å². The van der Waals surface area contributed by atoms with Gasteiger partial charge in [0.05, 0.1) is 18.6 Å². The Hall–Kier alpha value is -1.73. The Morgan fingerprint density at radius 2 is 1.62 bits per heavy atom. The number of hydrogen-bond acceptors (Lipinski definition) is 7. The maximum Gasteiger partial charge on any atom is 0.308 e. The normalized spacial score (nSPS) is 45.0. The average molecular weight is 547 g/mol. The van der Waals surface area contributed by atoms with Gasteiger partial charge in [0.2, 0.25) is 0 Å². The van der Waals surface area contributed by atoms with Crippen LogP contribution >= 0.6 is 0 Å². The third-order valence-electron chi connectivity index (χ3n) is 12.0. The topological polar surface area (TPSA) is 110 Å². The Labute approximate surface area is 234 Å². The van der Waals surface area contributed by atoms with Crippen LogP contribution in [0.4, 0.5) is 0 Å². The average Bonchev–Trinajstić information content (AvgIpc) is 2.80. The minimum atomic E-state index is -0.837. The van der Waals surface area contributed by atoms with Crippen LogP contribution in [0, 0.1) is 39.4 Å². The van der Waals surface area contributed by atoms with Crippen molar-refractivity contribution in [1.29, 1.82) is 0 Å². The summed E-state index contributed by atoms with van der Waals surface area (Å²) in [5, 5.41) is 21.0. The van der Waals surface area contributed by atoms with E-state index in [9.17, 15) is 24.6 Å². The zero-order chi connectivity index (χ0) is 29.1. The van der Waals surface area contributed by atoms with Gasteiger partial charge in [-0.15, -0.1) is 0 Å². The molecule has 4 aliphatic rings. The van der Waals surface area contributed by atoms with Crippen LogP contribution in [0.3, 0.4) is 0 Å². The van der Waals surface area contributed by atoms with E-state index in [1.165, 1.54) is 13.8 Å². The van der Waals surface area contributed by atoms with Crippen LogP contribution < -0.4 is 0 Å². The first-order valence-corrected chi connectivity index (χ1v) is 15.0. The molecule has 0 aromatic carbocycles. The zero-order valence-electron chi connectivity index (χ0n) is 25.2. The fourth-order valence-electron chi connectivity index (χ4n) is 10.1. The molecule has 0 heterocycles. The number of carbonyl (C=O) groups is 3. The lowest BCUT2D eigenvalue weighted by atomic mass is 9.35. The molecular formula is C32H50O7. The van der Waals surface area contributed by atoms with Crippen molar-refractivity contribution in [3.8, 4) is 0 Å². The summed E-state index contributed by atoms with van der Waals surface area (Å²) in [6.45, 7) is 15.7. The second kappa shape index (κ2) is 10.3. The Kier molecular flexibility index (Phi) is 7.96. The monoisotopic (exact) mass is 546 g/mol. The molecule has 0 spiro atoms. The van der Waals surface area contributed by atoms with Gasteiger partial charge in [-0.25, -0.2) is 0 Å². The molecule has 0 saturated heterocycles. The predicted octanol–water partition coefficient (Wildman–Crippen LogP) is 5.16. The van der Waals surface area contributed by atoms with Gasteiger partial charge >= 0.3 is 11.9 Å². The van der Waals surface area contributed by atoms with E-state index in [-0.39, 0.29) is 52.4 Å². The fraction of sp³-hybridized carbons (Fsp3) is 0.844. The van der Waals surface area contributed by atoms with Crippen LogP contribution in [0.5, 0.6) is 0 Å². The molecule has 3 fully saturated rings. The number of hydrogen-bond donors (Lipinski definition) is 2. The van der Waals surface area contributed by atoms with Crippen LogP contribution in [0.1, 0.15) is 107 Å². The number of aliphatic hydroxyl groups excluding tert-OH is 2. The molecule has 0 amide bonds. The number of ketones is 1. The molecule has 7 nitrogen and oxygen atoms in total. The molecule has 7 heteroatoms. The second-order valence-corrected chi connectivity index (χ2v) is 14.4. The molecule has 4 rings (SSSR count). The molecule has 0 radical (unpaired) electrons. The Morgan fingerprint density at radius 3 is 2.21 bits per heavy atom. The summed E-state index contributed by atoms with van der Waals surface area (Å²) in [4.78, 5) is 37.4. The van der Waals surface area contributed by atoms with Gasteiger partial charge in [-0.2, -0.15) is 0 Å². The molecule has 2 N–H and O–H groups in total. The van der Waals surface area contributed by atoms with Gasteiger partial charge in [-0.3, -0.25) is 14.4 Å². The first kappa shape index (κ1) is 30.2. The standard InChI is InChI=1S/C32H50O7/c1-18(33)14-28(37)39-27-16-26-30(6)12-9-11-29(5,20(3)38-21(4)35)24(30)10-13-31(26,7)25-15-23(36)22(19(2)34)17-32(25,27)8/h17-18,20,23-27,33,36H,9-16H2,1-8H3/t18?,20-,23+,24-,25-,26+,27-,29+,30-,31-,32+/m0/s1. The lowest BCUT2D eigenvalue weighted by Crippen LogP contribution is -2.66. The molecule has 3 saturated carbocycles. The number of fused-ring (bicyclic) bond motifs is 5. The number of esters is 2. The van der Waals surface area contributed by atoms with Crippen molar-refractivity contribution in [2.24, 2.45) is 39.4 Å². The molecular weight excluding hydrogens is 496 g/mol. The highest BCUT2D eigenvalue weighted by Crippen LogP contribution is 2.73. The van der Waals surface area contributed by atoms with Gasteiger partial charge < -0.3 is 19.7 Å². The number of carbonyl (C=O) groups excluding carboxylic acids is 3. The van der Waals surface area contributed by atoms with Crippen molar-refractivity contribution < 1.29 is 34.1 Å². The number of aliphatic hydroxyl groups is 2. The minimum Gasteiger partial charge on any atom is -0.462 e. The van der Waals surface area contributed by atoms with Crippen LogP contribution in [0.15, 0.2) is 11.6 Å². The minimum absolute atomic E-state index is 0.0167. The third kappa shape index (κ3) is 4.90. The van der Waals surface area contributed by atoms with E-state index in [2.05, 4.69) is 27.7 Å². The highest BCUT2D eigenvalue weighted by molar-refractivity contribution is 5.94. The lowest BCUT2D eigenvalue weighted by molar-refractivity contribution is -0.238. The maximum atomic E-state index is 12.9. The molecule has 0 aromatic heterocycles. The van der Waals surface area contributed by atoms with Gasteiger partial charge in [-0.05, 0) is 87.9 Å². The van der Waals surface area contributed by atoms with Crippen LogP contribution in [0.2, 0.25) is 0 Å². The van der Waals surface area contributed by atoms with Crippen molar-refractivity contribution in [3.05, 3.63) is 11.6 Å². The smallest absolute Gasteiger partial charge is 0.308 e. The predicted molar refractivity (Wildman–Crippen MR) is 147 cm³/mol. The summed E-state index contributed by atoms with van der Waals surface area (Å²) in [5.74, 6) is -0.267. The van der Waals surface area contributed by atoms with E-state index in [1.807, 2.05) is 13.0 Å². The highest BCUT2D eigenvalue weighted by atomic mass is 16.5. The molecule has 11 atom stereocenters. The van der Waals surface area contributed by atoms with Gasteiger partial charge in [0.15, 0.2) is 5.78 Å². The number of rotatable bonds is 6. The largest absolute Gasteiger partial charge is 0.462 e. The van der Waals surface area contributed by atoms with E-state index in [0.717, 1.165) is 32.1 Å². The summed E-state index contributed by atoms with van der Waals surface area (Å²) < 4.78 is 12.0.